The number of benzene rings is 1. The molecule has 1 aromatic carbocycles. The molecule has 0 aromatic heterocycles. The van der Waals surface area contributed by atoms with Gasteiger partial charge in [-0.1, -0.05) is 15.9 Å². The number of carbonyl (C=O) groups is 1. The van der Waals surface area contributed by atoms with Gasteiger partial charge in [0.25, 0.3) is 5.91 Å². The van der Waals surface area contributed by atoms with Crippen LogP contribution in [0.15, 0.2) is 22.7 Å². The first-order chi connectivity index (χ1) is 7.97. The Morgan fingerprint density at radius 3 is 2.59 bits per heavy atom. The standard InChI is InChI=1S/C12H14Br2FNO/c1-8(2)16(6-5-13)12(17)9-3-4-10(14)11(15)7-9/h3-4,7-8H,5-6H2,1-2H3. The number of halogens is 3. The zero-order valence-corrected chi connectivity index (χ0v) is 12.9. The number of alkyl halides is 1. The first-order valence-corrected chi connectivity index (χ1v) is 7.20. The Kier molecular flexibility index (Phi) is 5.59. The lowest BCUT2D eigenvalue weighted by Crippen LogP contribution is -2.38. The van der Waals surface area contributed by atoms with Gasteiger partial charge in [0.15, 0.2) is 0 Å². The molecular weight excluding hydrogens is 353 g/mol. The molecule has 94 valence electrons. The van der Waals surface area contributed by atoms with Crippen LogP contribution in [0.4, 0.5) is 4.39 Å². The molecule has 5 heteroatoms. The number of nitrogens with zero attached hydrogens (tertiary/aromatic N) is 1. The normalized spacial score (nSPS) is 10.7. The van der Waals surface area contributed by atoms with Crippen molar-refractivity contribution in [3.8, 4) is 0 Å². The molecule has 0 N–H and O–H groups in total. The van der Waals surface area contributed by atoms with E-state index in [1.54, 1.807) is 17.0 Å². The Morgan fingerprint density at radius 1 is 1.47 bits per heavy atom. The molecule has 0 fully saturated rings. The van der Waals surface area contributed by atoms with Crippen molar-refractivity contribution in [2.45, 2.75) is 19.9 Å². The summed E-state index contributed by atoms with van der Waals surface area (Å²) in [6, 6.07) is 4.52. The van der Waals surface area contributed by atoms with Crippen molar-refractivity contribution in [2.24, 2.45) is 0 Å². The van der Waals surface area contributed by atoms with Crippen LogP contribution in [0, 0.1) is 5.82 Å². The molecule has 0 unspecified atom stereocenters. The third kappa shape index (κ3) is 3.78. The summed E-state index contributed by atoms with van der Waals surface area (Å²) in [5.41, 5.74) is 0.375. The molecule has 0 aliphatic carbocycles. The molecule has 0 heterocycles. The minimum absolute atomic E-state index is 0.0896. The van der Waals surface area contributed by atoms with Gasteiger partial charge in [-0.25, -0.2) is 4.39 Å². The number of hydrogen-bond donors (Lipinski definition) is 0. The van der Waals surface area contributed by atoms with E-state index in [0.717, 1.165) is 0 Å². The molecule has 0 spiro atoms. The Balaban J connectivity index is 2.97. The van der Waals surface area contributed by atoms with Crippen molar-refractivity contribution >= 4 is 37.8 Å². The van der Waals surface area contributed by atoms with E-state index in [0.29, 0.717) is 21.9 Å². The van der Waals surface area contributed by atoms with E-state index in [9.17, 15) is 9.18 Å². The smallest absolute Gasteiger partial charge is 0.254 e. The maximum absolute atomic E-state index is 13.4. The highest BCUT2D eigenvalue weighted by Crippen LogP contribution is 2.18. The predicted octanol–water partition coefficient (Wildman–Crippen LogP) is 3.83. The van der Waals surface area contributed by atoms with E-state index in [2.05, 4.69) is 31.9 Å². The highest BCUT2D eigenvalue weighted by Gasteiger charge is 2.18. The molecule has 1 aromatic rings. The van der Waals surface area contributed by atoms with Gasteiger partial charge in [0, 0.05) is 23.5 Å². The van der Waals surface area contributed by atoms with Crippen LogP contribution in [0.25, 0.3) is 0 Å². The molecule has 17 heavy (non-hydrogen) atoms. The monoisotopic (exact) mass is 365 g/mol. The maximum atomic E-state index is 13.4. The maximum Gasteiger partial charge on any atom is 0.254 e. The minimum atomic E-state index is -0.418. The number of hydrogen-bond acceptors (Lipinski definition) is 1. The van der Waals surface area contributed by atoms with E-state index in [1.165, 1.54) is 6.07 Å². The van der Waals surface area contributed by atoms with E-state index in [4.69, 9.17) is 0 Å². The largest absolute Gasteiger partial charge is 0.335 e. The van der Waals surface area contributed by atoms with Crippen LogP contribution in [0.5, 0.6) is 0 Å². The summed E-state index contributed by atoms with van der Waals surface area (Å²) in [5.74, 6) is -0.566. The lowest BCUT2D eigenvalue weighted by Gasteiger charge is -2.26. The van der Waals surface area contributed by atoms with Crippen LogP contribution in [-0.4, -0.2) is 28.7 Å². The number of rotatable bonds is 4. The van der Waals surface area contributed by atoms with Crippen molar-refractivity contribution in [3.05, 3.63) is 34.1 Å². The summed E-state index contributed by atoms with van der Waals surface area (Å²) in [6.45, 7) is 4.49. The van der Waals surface area contributed by atoms with E-state index in [1.807, 2.05) is 13.8 Å². The van der Waals surface area contributed by atoms with Crippen molar-refractivity contribution in [2.75, 3.05) is 11.9 Å². The molecule has 1 rings (SSSR count). The Labute approximate surface area is 117 Å². The second-order valence-corrected chi connectivity index (χ2v) is 5.56. The molecule has 2 nitrogen and oxygen atoms in total. The van der Waals surface area contributed by atoms with Gasteiger partial charge in [-0.3, -0.25) is 4.79 Å². The van der Waals surface area contributed by atoms with Gasteiger partial charge in [-0.2, -0.15) is 0 Å². The minimum Gasteiger partial charge on any atom is -0.335 e. The molecule has 0 saturated carbocycles. The van der Waals surface area contributed by atoms with Gasteiger partial charge in [0.05, 0.1) is 4.47 Å². The molecule has 0 atom stereocenters. The first-order valence-electron chi connectivity index (χ1n) is 5.29. The van der Waals surface area contributed by atoms with Crippen molar-refractivity contribution in [3.63, 3.8) is 0 Å². The topological polar surface area (TPSA) is 20.3 Å². The summed E-state index contributed by atoms with van der Waals surface area (Å²) in [7, 11) is 0. The summed E-state index contributed by atoms with van der Waals surface area (Å²) in [4.78, 5) is 13.9. The van der Waals surface area contributed by atoms with E-state index >= 15 is 0 Å². The van der Waals surface area contributed by atoms with Crippen LogP contribution >= 0.6 is 31.9 Å². The zero-order valence-electron chi connectivity index (χ0n) is 9.71. The number of amides is 1. The molecular formula is C12H14Br2FNO. The van der Waals surface area contributed by atoms with Crippen LogP contribution in [-0.2, 0) is 0 Å². The second-order valence-electron chi connectivity index (χ2n) is 3.91. The Bertz CT molecular complexity index is 409. The van der Waals surface area contributed by atoms with Gasteiger partial charge < -0.3 is 4.90 Å². The highest BCUT2D eigenvalue weighted by molar-refractivity contribution is 9.10. The van der Waals surface area contributed by atoms with Gasteiger partial charge in [0.1, 0.15) is 5.82 Å². The van der Waals surface area contributed by atoms with Crippen molar-refractivity contribution in [1.29, 1.82) is 0 Å². The van der Waals surface area contributed by atoms with Crippen LogP contribution in [0.3, 0.4) is 0 Å². The van der Waals surface area contributed by atoms with Gasteiger partial charge in [-0.15, -0.1) is 0 Å². The SMILES string of the molecule is CC(C)N(CCBr)C(=O)c1ccc(Br)c(F)c1. The average molecular weight is 367 g/mol. The van der Waals surface area contributed by atoms with E-state index in [-0.39, 0.29) is 11.9 Å². The molecule has 0 bridgehead atoms. The highest BCUT2D eigenvalue weighted by atomic mass is 79.9. The van der Waals surface area contributed by atoms with Gasteiger partial charge in [0.2, 0.25) is 0 Å². The van der Waals surface area contributed by atoms with Crippen LogP contribution < -0.4 is 0 Å². The summed E-state index contributed by atoms with van der Waals surface area (Å²) in [6.07, 6.45) is 0. The van der Waals surface area contributed by atoms with Crippen LogP contribution in [0.1, 0.15) is 24.2 Å². The predicted molar refractivity (Wildman–Crippen MR) is 74.1 cm³/mol. The van der Waals surface area contributed by atoms with Crippen LogP contribution in [0.2, 0.25) is 0 Å². The Morgan fingerprint density at radius 2 is 2.12 bits per heavy atom. The number of carbonyl (C=O) groups excluding carboxylic acids is 1. The fourth-order valence-electron chi connectivity index (χ4n) is 1.48. The third-order valence-corrected chi connectivity index (χ3v) is 3.37. The Hall–Kier alpha value is -0.420. The fourth-order valence-corrected chi connectivity index (χ4v) is 2.11. The quantitative estimate of drug-likeness (QED) is 0.741. The summed E-state index contributed by atoms with van der Waals surface area (Å²) < 4.78 is 13.7. The van der Waals surface area contributed by atoms with Gasteiger partial charge in [-0.05, 0) is 48.0 Å². The fraction of sp³-hybridized carbons (Fsp3) is 0.417. The summed E-state index contributed by atoms with van der Waals surface area (Å²) >= 11 is 6.38. The molecule has 0 aliphatic rings. The third-order valence-electron chi connectivity index (χ3n) is 2.38. The molecule has 0 saturated heterocycles. The van der Waals surface area contributed by atoms with E-state index < -0.39 is 5.82 Å². The lowest BCUT2D eigenvalue weighted by molar-refractivity contribution is 0.0719. The average Bonchev–Trinajstić information content (AvgIpc) is 2.28. The van der Waals surface area contributed by atoms with Gasteiger partial charge >= 0.3 is 0 Å². The first kappa shape index (κ1) is 14.6. The molecule has 0 radical (unpaired) electrons. The molecule has 0 aliphatic heterocycles. The van der Waals surface area contributed by atoms with Crippen molar-refractivity contribution in [1.82, 2.24) is 4.90 Å². The lowest BCUT2D eigenvalue weighted by atomic mass is 10.1. The van der Waals surface area contributed by atoms with Crippen molar-refractivity contribution < 1.29 is 9.18 Å². The summed E-state index contributed by atoms with van der Waals surface area (Å²) in [5, 5.41) is 0.704. The molecule has 1 amide bonds. The zero-order chi connectivity index (χ0) is 13.0. The second kappa shape index (κ2) is 6.50.